The summed E-state index contributed by atoms with van der Waals surface area (Å²) >= 11 is 0. The molecule has 0 radical (unpaired) electrons. The Labute approximate surface area is 61.0 Å². The van der Waals surface area contributed by atoms with Gasteiger partial charge >= 0.3 is 0 Å². The molecule has 1 nitrogen and oxygen atoms in total. The minimum Gasteiger partial charge on any atom is -0.488 e. The molecule has 0 unspecified atom stereocenters. The fourth-order valence-corrected chi connectivity index (χ4v) is 0.908. The van der Waals surface area contributed by atoms with Crippen molar-refractivity contribution in [3.05, 3.63) is 48.8 Å². The third-order valence-electron chi connectivity index (χ3n) is 1.44. The molecule has 0 spiro atoms. The van der Waals surface area contributed by atoms with Crippen LogP contribution in [0.4, 0.5) is 0 Å². The van der Waals surface area contributed by atoms with E-state index in [1.54, 1.807) is 12.2 Å². The van der Waals surface area contributed by atoms with Crippen LogP contribution in [0.15, 0.2) is 48.8 Å². The maximum absolute atomic E-state index is 5.21. The first kappa shape index (κ1) is 6.87. The first-order chi connectivity index (χ1) is 4.79. The van der Waals surface area contributed by atoms with Crippen molar-refractivity contribution < 1.29 is 4.74 Å². The van der Waals surface area contributed by atoms with Crippen molar-refractivity contribution in [1.82, 2.24) is 0 Å². The van der Waals surface area contributed by atoms with Crippen molar-refractivity contribution in [2.45, 2.75) is 0 Å². The van der Waals surface area contributed by atoms with Crippen molar-refractivity contribution in [3.63, 3.8) is 0 Å². The molecule has 0 aromatic rings. The van der Waals surface area contributed by atoms with Crippen LogP contribution in [0.5, 0.6) is 0 Å². The van der Waals surface area contributed by atoms with E-state index in [0.717, 1.165) is 16.9 Å². The molecule has 0 bridgehead atoms. The van der Waals surface area contributed by atoms with Gasteiger partial charge in [-0.3, -0.25) is 0 Å². The van der Waals surface area contributed by atoms with Crippen molar-refractivity contribution >= 4 is 0 Å². The molecule has 1 heterocycles. The van der Waals surface area contributed by atoms with E-state index in [1.165, 1.54) is 0 Å². The van der Waals surface area contributed by atoms with E-state index < -0.39 is 0 Å². The third-order valence-corrected chi connectivity index (χ3v) is 1.44. The Morgan fingerprint density at radius 2 is 2.00 bits per heavy atom. The normalized spacial score (nSPS) is 17.0. The van der Waals surface area contributed by atoms with Crippen LogP contribution < -0.4 is 0 Å². The van der Waals surface area contributed by atoms with Crippen LogP contribution in [0.1, 0.15) is 0 Å². The van der Waals surface area contributed by atoms with E-state index >= 15 is 0 Å². The summed E-state index contributed by atoms with van der Waals surface area (Å²) in [7, 11) is 0. The largest absolute Gasteiger partial charge is 0.488 e. The minimum absolute atomic E-state index is 0.572. The molecule has 0 atom stereocenters. The highest BCUT2D eigenvalue weighted by Crippen LogP contribution is 2.24. The zero-order valence-corrected chi connectivity index (χ0v) is 5.89. The highest BCUT2D eigenvalue weighted by Gasteiger charge is 2.13. The summed E-state index contributed by atoms with van der Waals surface area (Å²) in [4.78, 5) is 0. The predicted octanol–water partition coefficient (Wildman–Crippen LogP) is 2.20. The smallest absolute Gasteiger partial charge is 0.126 e. The second-order valence-electron chi connectivity index (χ2n) is 2.08. The zero-order chi connectivity index (χ0) is 7.56. The Morgan fingerprint density at radius 1 is 1.30 bits per heavy atom. The Bertz CT molecular complexity index is 221. The van der Waals surface area contributed by atoms with Crippen molar-refractivity contribution in [2.24, 2.45) is 0 Å². The number of rotatable bonds is 2. The summed E-state index contributed by atoms with van der Waals surface area (Å²) in [6.45, 7) is 11.6. The summed E-state index contributed by atoms with van der Waals surface area (Å²) in [5.41, 5.74) is 1.96. The third kappa shape index (κ3) is 0.903. The van der Waals surface area contributed by atoms with Gasteiger partial charge in [0.25, 0.3) is 0 Å². The quantitative estimate of drug-likeness (QED) is 0.562. The Morgan fingerprint density at radius 3 is 2.40 bits per heavy atom. The summed E-state index contributed by atoms with van der Waals surface area (Å²) in [5.74, 6) is 0.792. The molecule has 0 saturated heterocycles. The van der Waals surface area contributed by atoms with E-state index in [4.69, 9.17) is 4.74 Å². The van der Waals surface area contributed by atoms with Gasteiger partial charge in [-0.2, -0.15) is 0 Å². The Hall–Kier alpha value is -1.24. The van der Waals surface area contributed by atoms with E-state index in [0.29, 0.717) is 6.61 Å². The molecule has 0 aromatic carbocycles. The SMILES string of the molecule is C=CC1=C(C=C)C(=C)CO1. The monoisotopic (exact) mass is 134 g/mol. The van der Waals surface area contributed by atoms with Gasteiger partial charge in [0.05, 0.1) is 0 Å². The topological polar surface area (TPSA) is 9.23 Å². The van der Waals surface area contributed by atoms with Gasteiger partial charge in [0.1, 0.15) is 12.4 Å². The highest BCUT2D eigenvalue weighted by atomic mass is 16.5. The summed E-state index contributed by atoms with van der Waals surface area (Å²) in [5, 5.41) is 0. The summed E-state index contributed by atoms with van der Waals surface area (Å²) in [6.07, 6.45) is 3.42. The average Bonchev–Trinajstić information content (AvgIpc) is 2.30. The van der Waals surface area contributed by atoms with Crippen LogP contribution in [-0.4, -0.2) is 6.61 Å². The molecule has 0 saturated carbocycles. The Kier molecular flexibility index (Phi) is 1.76. The van der Waals surface area contributed by atoms with Crippen LogP contribution in [0.3, 0.4) is 0 Å². The van der Waals surface area contributed by atoms with Gasteiger partial charge in [0.2, 0.25) is 0 Å². The molecule has 1 heteroatoms. The lowest BCUT2D eigenvalue weighted by molar-refractivity contribution is 0.275. The number of ether oxygens (including phenoxy) is 1. The molecule has 0 aromatic heterocycles. The molecule has 1 rings (SSSR count). The van der Waals surface area contributed by atoms with Crippen LogP contribution in [0, 0.1) is 0 Å². The number of allylic oxidation sites excluding steroid dienone is 2. The van der Waals surface area contributed by atoms with Crippen LogP contribution >= 0.6 is 0 Å². The molecule has 1 aliphatic rings. The minimum atomic E-state index is 0.572. The van der Waals surface area contributed by atoms with Gasteiger partial charge < -0.3 is 4.74 Å². The molecule has 10 heavy (non-hydrogen) atoms. The van der Waals surface area contributed by atoms with Gasteiger partial charge in [-0.05, 0) is 11.6 Å². The fourth-order valence-electron chi connectivity index (χ4n) is 0.908. The fraction of sp³-hybridized carbons (Fsp3) is 0.111. The van der Waals surface area contributed by atoms with Crippen LogP contribution in [-0.2, 0) is 4.74 Å². The molecule has 1 aliphatic heterocycles. The number of hydrogen-bond acceptors (Lipinski definition) is 1. The molecule has 0 N–H and O–H groups in total. The van der Waals surface area contributed by atoms with Gasteiger partial charge in [-0.1, -0.05) is 25.8 Å². The average molecular weight is 134 g/mol. The van der Waals surface area contributed by atoms with Gasteiger partial charge in [-0.25, -0.2) is 0 Å². The second kappa shape index (κ2) is 2.56. The van der Waals surface area contributed by atoms with E-state index in [2.05, 4.69) is 19.7 Å². The lowest BCUT2D eigenvalue weighted by Crippen LogP contribution is -1.81. The lowest BCUT2D eigenvalue weighted by Gasteiger charge is -1.92. The summed E-state index contributed by atoms with van der Waals surface area (Å²) in [6, 6.07) is 0. The van der Waals surface area contributed by atoms with E-state index in [9.17, 15) is 0 Å². The van der Waals surface area contributed by atoms with E-state index in [1.807, 2.05) is 0 Å². The molecule has 52 valence electrons. The zero-order valence-electron chi connectivity index (χ0n) is 5.89. The van der Waals surface area contributed by atoms with Crippen LogP contribution in [0.2, 0.25) is 0 Å². The first-order valence-corrected chi connectivity index (χ1v) is 3.09. The molecule has 0 fully saturated rings. The van der Waals surface area contributed by atoms with Crippen molar-refractivity contribution in [2.75, 3.05) is 6.61 Å². The van der Waals surface area contributed by atoms with Gasteiger partial charge in [-0.15, -0.1) is 0 Å². The molecule has 0 amide bonds. The van der Waals surface area contributed by atoms with E-state index in [-0.39, 0.29) is 0 Å². The van der Waals surface area contributed by atoms with Gasteiger partial charge in [0, 0.05) is 5.57 Å². The molecular formula is C9H10O. The second-order valence-corrected chi connectivity index (χ2v) is 2.08. The standard InChI is InChI=1S/C9H10O/c1-4-8-7(3)6-10-9(8)5-2/h4-5H,1-3,6H2. The Balaban J connectivity index is 3.02. The van der Waals surface area contributed by atoms with Gasteiger partial charge in [0.15, 0.2) is 0 Å². The van der Waals surface area contributed by atoms with Crippen LogP contribution in [0.25, 0.3) is 0 Å². The molecular weight excluding hydrogens is 124 g/mol. The molecule has 0 aliphatic carbocycles. The van der Waals surface area contributed by atoms with Crippen molar-refractivity contribution in [3.8, 4) is 0 Å². The predicted molar refractivity (Wildman–Crippen MR) is 42.5 cm³/mol. The maximum atomic E-state index is 5.21. The number of hydrogen-bond donors (Lipinski definition) is 0. The highest BCUT2D eigenvalue weighted by molar-refractivity contribution is 5.46. The maximum Gasteiger partial charge on any atom is 0.126 e. The van der Waals surface area contributed by atoms with Crippen molar-refractivity contribution in [1.29, 1.82) is 0 Å². The first-order valence-electron chi connectivity index (χ1n) is 3.09. The summed E-state index contributed by atoms with van der Waals surface area (Å²) < 4.78 is 5.21. The lowest BCUT2D eigenvalue weighted by atomic mass is 10.1.